The van der Waals surface area contributed by atoms with Crippen molar-refractivity contribution in [3.63, 3.8) is 0 Å². The fourth-order valence-electron chi connectivity index (χ4n) is 1.91. The van der Waals surface area contributed by atoms with Crippen molar-refractivity contribution in [2.75, 3.05) is 13.7 Å². The van der Waals surface area contributed by atoms with E-state index < -0.39 is 0 Å². The van der Waals surface area contributed by atoms with Crippen molar-refractivity contribution in [2.24, 2.45) is 5.73 Å². The summed E-state index contributed by atoms with van der Waals surface area (Å²) in [6.45, 7) is 2.80. The fraction of sp³-hybridized carbons (Fsp3) is 0.357. The molecular weight excluding hydrogens is 226 g/mol. The Kier molecular flexibility index (Phi) is 3.99. The van der Waals surface area contributed by atoms with Crippen LogP contribution in [0.1, 0.15) is 25.1 Å². The molecule has 2 aromatic rings. The molecule has 4 nitrogen and oxygen atoms in total. The first-order chi connectivity index (χ1) is 8.74. The van der Waals surface area contributed by atoms with Crippen LogP contribution < -0.4 is 10.5 Å². The van der Waals surface area contributed by atoms with Gasteiger partial charge in [-0.05, 0) is 25.1 Å². The Hall–Kier alpha value is -1.81. The van der Waals surface area contributed by atoms with Gasteiger partial charge in [0.05, 0.1) is 19.0 Å². The van der Waals surface area contributed by atoms with Gasteiger partial charge in [-0.3, -0.25) is 0 Å². The van der Waals surface area contributed by atoms with Crippen LogP contribution in [0.15, 0.2) is 30.5 Å². The number of ether oxygens (including phenoxy) is 1. The maximum absolute atomic E-state index is 5.56. The van der Waals surface area contributed by atoms with E-state index in [9.17, 15) is 0 Å². The van der Waals surface area contributed by atoms with Crippen molar-refractivity contribution in [2.45, 2.75) is 19.3 Å². The summed E-state index contributed by atoms with van der Waals surface area (Å²) in [6, 6.07) is 7.92. The molecule has 0 aliphatic heterocycles. The highest BCUT2D eigenvalue weighted by atomic mass is 16.5. The van der Waals surface area contributed by atoms with Gasteiger partial charge in [0.25, 0.3) is 0 Å². The van der Waals surface area contributed by atoms with Gasteiger partial charge in [-0.2, -0.15) is 0 Å². The first-order valence-electron chi connectivity index (χ1n) is 6.14. The number of nitrogens with zero attached hydrogens (tertiary/aromatic N) is 1. The highest BCUT2D eigenvalue weighted by molar-refractivity contribution is 5.60. The average molecular weight is 245 g/mol. The summed E-state index contributed by atoms with van der Waals surface area (Å²) < 4.78 is 5.22. The van der Waals surface area contributed by atoms with E-state index in [2.05, 4.69) is 16.9 Å². The zero-order chi connectivity index (χ0) is 13.0. The Labute approximate surface area is 107 Å². The molecule has 0 radical (unpaired) electrons. The number of hydrogen-bond donors (Lipinski definition) is 2. The van der Waals surface area contributed by atoms with E-state index in [-0.39, 0.29) is 0 Å². The summed E-state index contributed by atoms with van der Waals surface area (Å²) in [5, 5.41) is 0. The minimum atomic E-state index is 0.356. The molecule has 0 spiro atoms. The number of H-pyrrole nitrogens is 1. The first-order valence-corrected chi connectivity index (χ1v) is 6.14. The topological polar surface area (TPSA) is 63.9 Å². The van der Waals surface area contributed by atoms with Gasteiger partial charge in [-0.25, -0.2) is 4.98 Å². The van der Waals surface area contributed by atoms with E-state index in [0.29, 0.717) is 12.5 Å². The van der Waals surface area contributed by atoms with Crippen LogP contribution >= 0.6 is 0 Å². The maximum atomic E-state index is 5.56. The van der Waals surface area contributed by atoms with Gasteiger partial charge in [-0.15, -0.1) is 0 Å². The van der Waals surface area contributed by atoms with E-state index in [4.69, 9.17) is 10.5 Å². The minimum Gasteiger partial charge on any atom is -0.497 e. The molecule has 0 bridgehead atoms. The molecule has 1 unspecified atom stereocenters. The van der Waals surface area contributed by atoms with Gasteiger partial charge < -0.3 is 15.5 Å². The third-order valence-electron chi connectivity index (χ3n) is 3.04. The fourth-order valence-corrected chi connectivity index (χ4v) is 1.91. The van der Waals surface area contributed by atoms with Crippen molar-refractivity contribution in [3.05, 3.63) is 36.3 Å². The number of benzene rings is 1. The summed E-state index contributed by atoms with van der Waals surface area (Å²) in [6.07, 6.45) is 2.79. The van der Waals surface area contributed by atoms with Gasteiger partial charge in [0.15, 0.2) is 0 Å². The van der Waals surface area contributed by atoms with Gasteiger partial charge in [0.1, 0.15) is 11.6 Å². The van der Waals surface area contributed by atoms with Gasteiger partial charge in [0, 0.05) is 11.5 Å². The number of aromatic amines is 1. The second-order valence-electron chi connectivity index (χ2n) is 4.39. The molecule has 1 aromatic heterocycles. The predicted octanol–water partition coefficient (Wildman–Crippen LogP) is 2.54. The number of hydrogen-bond acceptors (Lipinski definition) is 3. The van der Waals surface area contributed by atoms with Gasteiger partial charge >= 0.3 is 0 Å². The zero-order valence-corrected chi connectivity index (χ0v) is 10.8. The van der Waals surface area contributed by atoms with E-state index in [1.54, 1.807) is 7.11 Å². The summed E-state index contributed by atoms with van der Waals surface area (Å²) in [4.78, 5) is 7.76. The minimum absolute atomic E-state index is 0.356. The van der Waals surface area contributed by atoms with Crippen LogP contribution in [0.4, 0.5) is 0 Å². The number of methoxy groups -OCH3 is 1. The highest BCUT2D eigenvalue weighted by Gasteiger charge is 2.10. The molecule has 0 aliphatic carbocycles. The van der Waals surface area contributed by atoms with Gasteiger partial charge in [0.2, 0.25) is 0 Å². The summed E-state index contributed by atoms with van der Waals surface area (Å²) in [7, 11) is 1.67. The third-order valence-corrected chi connectivity index (χ3v) is 3.04. The molecule has 18 heavy (non-hydrogen) atoms. The van der Waals surface area contributed by atoms with Gasteiger partial charge in [-0.1, -0.05) is 19.1 Å². The molecule has 1 heterocycles. The number of aromatic nitrogens is 2. The van der Waals surface area contributed by atoms with Crippen LogP contribution in [0.3, 0.4) is 0 Å². The Balaban J connectivity index is 2.23. The average Bonchev–Trinajstić information content (AvgIpc) is 2.89. The van der Waals surface area contributed by atoms with Crippen molar-refractivity contribution < 1.29 is 4.74 Å². The standard InChI is InChI=1S/C14H19N3O/c1-10(6-7-15)14-16-9-13(17-14)11-4-3-5-12(8-11)18-2/h3-5,8-10H,6-7,15H2,1-2H3,(H,16,17). The second-order valence-corrected chi connectivity index (χ2v) is 4.39. The zero-order valence-electron chi connectivity index (χ0n) is 10.8. The van der Waals surface area contributed by atoms with Crippen LogP contribution in [-0.2, 0) is 0 Å². The van der Waals surface area contributed by atoms with E-state index in [1.807, 2.05) is 30.5 Å². The summed E-state index contributed by atoms with van der Waals surface area (Å²) in [5.74, 6) is 2.19. The van der Waals surface area contributed by atoms with E-state index >= 15 is 0 Å². The molecule has 0 aliphatic rings. The Bertz CT molecular complexity index is 507. The normalized spacial score (nSPS) is 12.4. The smallest absolute Gasteiger partial charge is 0.119 e. The SMILES string of the molecule is COc1cccc(-c2cnc(C(C)CCN)[nH]2)c1. The lowest BCUT2D eigenvalue weighted by Gasteiger charge is -2.06. The Morgan fingerprint density at radius 1 is 1.44 bits per heavy atom. The van der Waals surface area contributed by atoms with Crippen molar-refractivity contribution in [3.8, 4) is 17.0 Å². The number of rotatable bonds is 5. The lowest BCUT2D eigenvalue weighted by atomic mass is 10.1. The van der Waals surface area contributed by atoms with Crippen molar-refractivity contribution >= 4 is 0 Å². The molecule has 0 saturated heterocycles. The van der Waals surface area contributed by atoms with E-state index in [1.165, 1.54) is 0 Å². The molecule has 3 N–H and O–H groups in total. The van der Waals surface area contributed by atoms with Crippen LogP contribution in [0.2, 0.25) is 0 Å². The number of nitrogens with one attached hydrogen (secondary N) is 1. The third kappa shape index (κ3) is 2.71. The van der Waals surface area contributed by atoms with Crippen LogP contribution in [0.5, 0.6) is 5.75 Å². The molecule has 0 amide bonds. The second kappa shape index (κ2) is 5.69. The lowest BCUT2D eigenvalue weighted by molar-refractivity contribution is 0.415. The monoisotopic (exact) mass is 245 g/mol. The number of nitrogens with two attached hydrogens (primary N) is 1. The van der Waals surface area contributed by atoms with Crippen LogP contribution in [0, 0.1) is 0 Å². The Morgan fingerprint density at radius 2 is 2.28 bits per heavy atom. The highest BCUT2D eigenvalue weighted by Crippen LogP contribution is 2.24. The molecule has 1 aromatic carbocycles. The van der Waals surface area contributed by atoms with Crippen LogP contribution in [-0.4, -0.2) is 23.6 Å². The predicted molar refractivity (Wildman–Crippen MR) is 72.7 cm³/mol. The quantitative estimate of drug-likeness (QED) is 0.850. The summed E-state index contributed by atoms with van der Waals surface area (Å²) in [5.41, 5.74) is 7.65. The molecule has 0 fully saturated rings. The maximum Gasteiger partial charge on any atom is 0.119 e. The largest absolute Gasteiger partial charge is 0.497 e. The number of imidazole rings is 1. The van der Waals surface area contributed by atoms with Crippen molar-refractivity contribution in [1.82, 2.24) is 9.97 Å². The van der Waals surface area contributed by atoms with Crippen LogP contribution in [0.25, 0.3) is 11.3 Å². The summed E-state index contributed by atoms with van der Waals surface area (Å²) >= 11 is 0. The molecule has 1 atom stereocenters. The molecule has 96 valence electrons. The molecular formula is C14H19N3O. The molecule has 2 rings (SSSR count). The first kappa shape index (κ1) is 12.6. The van der Waals surface area contributed by atoms with Crippen molar-refractivity contribution in [1.29, 1.82) is 0 Å². The molecule has 0 saturated carbocycles. The molecule has 4 heteroatoms. The lowest BCUT2D eigenvalue weighted by Crippen LogP contribution is -2.05. The van der Waals surface area contributed by atoms with E-state index in [0.717, 1.165) is 29.3 Å². The Morgan fingerprint density at radius 3 is 3.00 bits per heavy atom.